The van der Waals surface area contributed by atoms with Crippen LogP contribution in [-0.2, 0) is 16.1 Å². The van der Waals surface area contributed by atoms with Crippen LogP contribution >= 0.6 is 0 Å². The molecule has 0 saturated heterocycles. The molecule has 0 unspecified atom stereocenters. The number of nitrogens with zero attached hydrogens (tertiary/aromatic N) is 1. The van der Waals surface area contributed by atoms with Crippen molar-refractivity contribution in [3.8, 4) is 0 Å². The molecule has 2 saturated carbocycles. The quantitative estimate of drug-likeness (QED) is 0.490. The maximum absolute atomic E-state index is 13.3. The molecule has 2 aliphatic carbocycles. The molecular weight excluding hydrogens is 368 g/mol. The summed E-state index contributed by atoms with van der Waals surface area (Å²) in [6, 6.07) is 10.5. The summed E-state index contributed by atoms with van der Waals surface area (Å²) in [7, 11) is 0. The molecule has 0 bridgehead atoms. The van der Waals surface area contributed by atoms with Gasteiger partial charge in [-0.2, -0.15) is 0 Å². The Bertz CT molecular complexity index is 958. The molecule has 2 aliphatic rings. The molecule has 2 amide bonds. The number of nitrogen functional groups attached to an aromatic ring is 1. The number of pyridine rings is 1. The monoisotopic (exact) mass is 392 g/mol. The molecule has 29 heavy (non-hydrogen) atoms. The Hall–Kier alpha value is -3.22. The highest BCUT2D eigenvalue weighted by Gasteiger charge is 2.72. The van der Waals surface area contributed by atoms with Crippen molar-refractivity contribution in [2.24, 2.45) is 17.3 Å². The van der Waals surface area contributed by atoms with Crippen LogP contribution in [-0.4, -0.2) is 28.6 Å². The lowest BCUT2D eigenvalue weighted by Crippen LogP contribution is -2.31. The first-order valence-corrected chi connectivity index (χ1v) is 9.79. The number of nitrogens with two attached hydrogens (primary N) is 1. The van der Waals surface area contributed by atoms with Gasteiger partial charge in [0.1, 0.15) is 0 Å². The SMILES string of the molecule is C[C@@]1(C(=O)c2ccccc2N)[C@H](C(=O)NCc2ccncc2)[C@@H]1C(=O)NC1CC1. The van der Waals surface area contributed by atoms with Gasteiger partial charge in [0.05, 0.1) is 17.3 Å². The third kappa shape index (κ3) is 3.60. The summed E-state index contributed by atoms with van der Waals surface area (Å²) in [6.45, 7) is 2.00. The number of nitrogens with one attached hydrogen (secondary N) is 2. The third-order valence-corrected chi connectivity index (χ3v) is 5.92. The highest BCUT2D eigenvalue weighted by Crippen LogP contribution is 2.61. The third-order valence-electron chi connectivity index (χ3n) is 5.92. The molecule has 7 nitrogen and oxygen atoms in total. The zero-order chi connectivity index (χ0) is 20.6. The predicted molar refractivity (Wildman–Crippen MR) is 108 cm³/mol. The molecule has 4 rings (SSSR count). The number of carbonyl (C=O) groups excluding carboxylic acids is 3. The van der Waals surface area contributed by atoms with Crippen LogP contribution in [0.25, 0.3) is 0 Å². The van der Waals surface area contributed by atoms with Crippen molar-refractivity contribution in [1.82, 2.24) is 15.6 Å². The maximum Gasteiger partial charge on any atom is 0.225 e. The number of amides is 2. The summed E-state index contributed by atoms with van der Waals surface area (Å²) in [5.74, 6) is -2.23. The van der Waals surface area contributed by atoms with Gasteiger partial charge in [0, 0.05) is 36.2 Å². The van der Waals surface area contributed by atoms with E-state index in [4.69, 9.17) is 5.73 Å². The van der Waals surface area contributed by atoms with Crippen LogP contribution in [0.15, 0.2) is 48.8 Å². The van der Waals surface area contributed by atoms with Crippen LogP contribution in [0.2, 0.25) is 0 Å². The van der Waals surface area contributed by atoms with Crippen LogP contribution in [0.1, 0.15) is 35.7 Å². The van der Waals surface area contributed by atoms with Crippen LogP contribution in [0.5, 0.6) is 0 Å². The van der Waals surface area contributed by atoms with Crippen LogP contribution in [0.4, 0.5) is 5.69 Å². The van der Waals surface area contributed by atoms with Gasteiger partial charge in [-0.15, -0.1) is 0 Å². The lowest BCUT2D eigenvalue weighted by atomic mass is 9.91. The van der Waals surface area contributed by atoms with Gasteiger partial charge in [0.2, 0.25) is 11.8 Å². The Kier molecular flexibility index (Phi) is 4.82. The van der Waals surface area contributed by atoms with Gasteiger partial charge in [-0.3, -0.25) is 19.4 Å². The first-order chi connectivity index (χ1) is 13.9. The van der Waals surface area contributed by atoms with Crippen molar-refractivity contribution in [3.05, 3.63) is 59.9 Å². The molecule has 2 aromatic rings. The van der Waals surface area contributed by atoms with Gasteiger partial charge >= 0.3 is 0 Å². The molecule has 1 heterocycles. The number of carbonyl (C=O) groups is 3. The molecule has 150 valence electrons. The summed E-state index contributed by atoms with van der Waals surface area (Å²) >= 11 is 0. The number of hydrogen-bond donors (Lipinski definition) is 3. The lowest BCUT2D eigenvalue weighted by molar-refractivity contribution is -0.127. The van der Waals surface area contributed by atoms with Crippen molar-refractivity contribution in [3.63, 3.8) is 0 Å². The fraction of sp³-hybridized carbons (Fsp3) is 0.364. The summed E-state index contributed by atoms with van der Waals surface area (Å²) in [5.41, 5.74) is 6.47. The van der Waals surface area contributed by atoms with E-state index in [0.29, 0.717) is 17.8 Å². The zero-order valence-electron chi connectivity index (χ0n) is 16.2. The van der Waals surface area contributed by atoms with E-state index in [0.717, 1.165) is 18.4 Å². The fourth-order valence-electron chi connectivity index (χ4n) is 3.96. The molecule has 7 heteroatoms. The Morgan fingerprint density at radius 1 is 1.07 bits per heavy atom. The molecule has 0 radical (unpaired) electrons. The Morgan fingerprint density at radius 2 is 1.72 bits per heavy atom. The highest BCUT2D eigenvalue weighted by atomic mass is 16.2. The Balaban J connectivity index is 1.55. The zero-order valence-corrected chi connectivity index (χ0v) is 16.2. The van der Waals surface area contributed by atoms with Crippen molar-refractivity contribution >= 4 is 23.3 Å². The van der Waals surface area contributed by atoms with E-state index in [1.807, 2.05) is 0 Å². The van der Waals surface area contributed by atoms with Crippen LogP contribution < -0.4 is 16.4 Å². The Labute approximate surface area is 169 Å². The normalized spacial score (nSPS) is 25.1. The van der Waals surface area contributed by atoms with Gasteiger partial charge in [0.25, 0.3) is 0 Å². The molecular formula is C22H24N4O3. The van der Waals surface area contributed by atoms with E-state index in [9.17, 15) is 14.4 Å². The molecule has 3 atom stereocenters. The predicted octanol–water partition coefficient (Wildman–Crippen LogP) is 1.69. The molecule has 1 aromatic heterocycles. The second-order valence-electron chi connectivity index (χ2n) is 8.01. The number of rotatable bonds is 7. The van der Waals surface area contributed by atoms with Crippen LogP contribution in [0, 0.1) is 17.3 Å². The number of anilines is 1. The van der Waals surface area contributed by atoms with Gasteiger partial charge in [-0.1, -0.05) is 19.1 Å². The number of benzene rings is 1. The van der Waals surface area contributed by atoms with E-state index in [1.165, 1.54) is 0 Å². The summed E-state index contributed by atoms with van der Waals surface area (Å²) in [6.07, 6.45) is 5.17. The molecule has 0 aliphatic heterocycles. The lowest BCUT2D eigenvalue weighted by Gasteiger charge is -2.13. The molecule has 2 fully saturated rings. The van der Waals surface area contributed by atoms with E-state index >= 15 is 0 Å². The number of para-hydroxylation sites is 1. The minimum Gasteiger partial charge on any atom is -0.398 e. The first kappa shape index (κ1) is 19.1. The van der Waals surface area contributed by atoms with Crippen molar-refractivity contribution < 1.29 is 14.4 Å². The minimum atomic E-state index is -1.11. The number of hydrogen-bond acceptors (Lipinski definition) is 5. The second kappa shape index (κ2) is 7.31. The largest absolute Gasteiger partial charge is 0.398 e. The smallest absolute Gasteiger partial charge is 0.225 e. The van der Waals surface area contributed by atoms with E-state index in [-0.39, 0.29) is 23.6 Å². The second-order valence-corrected chi connectivity index (χ2v) is 8.01. The van der Waals surface area contributed by atoms with Crippen molar-refractivity contribution in [2.45, 2.75) is 32.4 Å². The highest BCUT2D eigenvalue weighted by molar-refractivity contribution is 6.14. The maximum atomic E-state index is 13.3. The van der Waals surface area contributed by atoms with E-state index < -0.39 is 17.3 Å². The fourth-order valence-corrected chi connectivity index (χ4v) is 3.96. The molecule has 0 spiro atoms. The van der Waals surface area contributed by atoms with Gasteiger partial charge in [-0.25, -0.2) is 0 Å². The van der Waals surface area contributed by atoms with E-state index in [2.05, 4.69) is 15.6 Å². The molecule has 1 aromatic carbocycles. The van der Waals surface area contributed by atoms with Crippen molar-refractivity contribution in [1.29, 1.82) is 0 Å². The summed E-state index contributed by atoms with van der Waals surface area (Å²) < 4.78 is 0. The average molecular weight is 392 g/mol. The first-order valence-electron chi connectivity index (χ1n) is 9.79. The van der Waals surface area contributed by atoms with Crippen molar-refractivity contribution in [2.75, 3.05) is 5.73 Å². The summed E-state index contributed by atoms with van der Waals surface area (Å²) in [5, 5.41) is 5.80. The standard InChI is InChI=1S/C22H24N4O3/c1-22(19(27)15-4-2-3-5-16(15)23)17(18(22)21(29)26-14-6-7-14)20(28)25-12-13-8-10-24-11-9-13/h2-5,8-11,14,17-18H,6-7,12,23H2,1H3,(H,25,28)(H,26,29)/t17-,18+,22+/m0/s1. The van der Waals surface area contributed by atoms with E-state index in [1.54, 1.807) is 55.7 Å². The number of Topliss-reactive ketones (excluding diaryl/α,β-unsaturated/α-hetero) is 1. The molecule has 4 N–H and O–H groups in total. The Morgan fingerprint density at radius 3 is 2.38 bits per heavy atom. The average Bonchev–Trinajstić information content (AvgIpc) is 3.63. The minimum absolute atomic E-state index is 0.157. The van der Waals surface area contributed by atoms with Gasteiger partial charge < -0.3 is 16.4 Å². The number of ketones is 1. The topological polar surface area (TPSA) is 114 Å². The number of aromatic nitrogens is 1. The summed E-state index contributed by atoms with van der Waals surface area (Å²) in [4.78, 5) is 43.0. The van der Waals surface area contributed by atoms with Crippen LogP contribution in [0.3, 0.4) is 0 Å². The van der Waals surface area contributed by atoms with Gasteiger partial charge in [0.15, 0.2) is 5.78 Å². The van der Waals surface area contributed by atoms with Gasteiger partial charge in [-0.05, 0) is 42.7 Å².